The summed E-state index contributed by atoms with van der Waals surface area (Å²) >= 11 is 0. The lowest BCUT2D eigenvalue weighted by Gasteiger charge is -2.21. The van der Waals surface area contributed by atoms with Crippen LogP contribution in [0.5, 0.6) is 0 Å². The second-order valence-electron chi connectivity index (χ2n) is 5.05. The molecule has 0 aliphatic rings. The molecule has 1 aromatic carbocycles. The van der Waals surface area contributed by atoms with Crippen LogP contribution >= 0.6 is 0 Å². The van der Waals surface area contributed by atoms with E-state index in [-0.39, 0.29) is 5.82 Å². The summed E-state index contributed by atoms with van der Waals surface area (Å²) in [7, 11) is 0. The smallest absolute Gasteiger partial charge is 0.123 e. The highest BCUT2D eigenvalue weighted by atomic mass is 19.1. The van der Waals surface area contributed by atoms with E-state index in [1.165, 1.54) is 12.1 Å². The summed E-state index contributed by atoms with van der Waals surface area (Å²) in [4.78, 5) is 6.55. The third-order valence-electron chi connectivity index (χ3n) is 3.53. The van der Waals surface area contributed by atoms with Gasteiger partial charge in [-0.1, -0.05) is 25.1 Å². The lowest BCUT2D eigenvalue weighted by atomic mass is 10.1. The normalized spacial score (nSPS) is 12.6. The monoisotopic (exact) mass is 288 g/mol. The van der Waals surface area contributed by atoms with E-state index in [0.717, 1.165) is 30.9 Å². The van der Waals surface area contributed by atoms with E-state index in [1.54, 1.807) is 18.3 Å². The Kier molecular flexibility index (Phi) is 5.84. The number of halogens is 1. The van der Waals surface area contributed by atoms with Crippen LogP contribution in [0, 0.1) is 5.82 Å². The Morgan fingerprint density at radius 3 is 2.57 bits per heavy atom. The van der Waals surface area contributed by atoms with Gasteiger partial charge in [-0.3, -0.25) is 9.88 Å². The van der Waals surface area contributed by atoms with Gasteiger partial charge >= 0.3 is 0 Å². The zero-order chi connectivity index (χ0) is 15.1. The first-order valence-electron chi connectivity index (χ1n) is 7.25. The minimum atomic E-state index is -0.566. The number of aliphatic hydroxyl groups excluding tert-OH is 1. The first-order valence-corrected chi connectivity index (χ1v) is 7.25. The molecule has 0 fully saturated rings. The van der Waals surface area contributed by atoms with Gasteiger partial charge in [-0.25, -0.2) is 4.39 Å². The van der Waals surface area contributed by atoms with Crippen molar-refractivity contribution >= 4 is 0 Å². The minimum Gasteiger partial charge on any atom is -0.388 e. The molecule has 2 aromatic rings. The third-order valence-corrected chi connectivity index (χ3v) is 3.53. The zero-order valence-corrected chi connectivity index (χ0v) is 12.2. The van der Waals surface area contributed by atoms with Gasteiger partial charge in [0.15, 0.2) is 0 Å². The molecule has 0 spiro atoms. The fourth-order valence-electron chi connectivity index (χ4n) is 2.23. The van der Waals surface area contributed by atoms with Crippen LogP contribution in [0.2, 0.25) is 0 Å². The Hall–Kier alpha value is -1.78. The van der Waals surface area contributed by atoms with Crippen molar-refractivity contribution in [2.45, 2.75) is 26.0 Å². The molecule has 0 aliphatic carbocycles. The first-order chi connectivity index (χ1) is 10.2. The van der Waals surface area contributed by atoms with Gasteiger partial charge in [-0.15, -0.1) is 0 Å². The fourth-order valence-corrected chi connectivity index (χ4v) is 2.23. The van der Waals surface area contributed by atoms with Gasteiger partial charge in [0.2, 0.25) is 0 Å². The van der Waals surface area contributed by atoms with Crippen LogP contribution < -0.4 is 0 Å². The number of aromatic nitrogens is 1. The maximum absolute atomic E-state index is 12.9. The topological polar surface area (TPSA) is 36.4 Å². The third kappa shape index (κ3) is 4.92. The van der Waals surface area contributed by atoms with Crippen LogP contribution in [0.4, 0.5) is 4.39 Å². The van der Waals surface area contributed by atoms with E-state index < -0.39 is 6.10 Å². The van der Waals surface area contributed by atoms with Gasteiger partial charge in [0.05, 0.1) is 11.8 Å². The number of rotatable bonds is 7. The molecular weight excluding hydrogens is 267 g/mol. The molecule has 0 radical (unpaired) electrons. The molecule has 1 heterocycles. The molecule has 2 rings (SSSR count). The molecule has 0 aliphatic heterocycles. The van der Waals surface area contributed by atoms with Crippen molar-refractivity contribution in [1.82, 2.24) is 9.88 Å². The van der Waals surface area contributed by atoms with Crippen molar-refractivity contribution in [2.75, 3.05) is 13.1 Å². The molecule has 0 bridgehead atoms. The molecule has 1 N–H and O–H groups in total. The lowest BCUT2D eigenvalue weighted by Crippen LogP contribution is -2.25. The SMILES string of the molecule is CCN(CCC(O)c1ccc(F)cc1)Cc1ccccn1. The van der Waals surface area contributed by atoms with Crippen LogP contribution in [-0.2, 0) is 6.54 Å². The molecule has 0 amide bonds. The highest BCUT2D eigenvalue weighted by Gasteiger charge is 2.11. The molecule has 1 atom stereocenters. The van der Waals surface area contributed by atoms with E-state index in [9.17, 15) is 9.50 Å². The van der Waals surface area contributed by atoms with E-state index in [0.29, 0.717) is 6.42 Å². The summed E-state index contributed by atoms with van der Waals surface area (Å²) < 4.78 is 12.9. The maximum atomic E-state index is 12.9. The Morgan fingerprint density at radius 1 is 1.19 bits per heavy atom. The maximum Gasteiger partial charge on any atom is 0.123 e. The van der Waals surface area contributed by atoms with Crippen LogP contribution in [0.25, 0.3) is 0 Å². The van der Waals surface area contributed by atoms with Crippen LogP contribution in [0.15, 0.2) is 48.7 Å². The van der Waals surface area contributed by atoms with E-state index in [2.05, 4.69) is 16.8 Å². The number of pyridine rings is 1. The van der Waals surface area contributed by atoms with Gasteiger partial charge in [0.25, 0.3) is 0 Å². The number of nitrogens with zero attached hydrogens (tertiary/aromatic N) is 2. The molecule has 3 nitrogen and oxygen atoms in total. The highest BCUT2D eigenvalue weighted by molar-refractivity contribution is 5.18. The summed E-state index contributed by atoms with van der Waals surface area (Å²) in [6.45, 7) is 4.53. The van der Waals surface area contributed by atoms with Gasteiger partial charge < -0.3 is 5.11 Å². The molecule has 112 valence electrons. The molecular formula is C17H21FN2O. The molecule has 0 saturated heterocycles. The quantitative estimate of drug-likeness (QED) is 0.850. The zero-order valence-electron chi connectivity index (χ0n) is 12.2. The Bertz CT molecular complexity index is 530. The summed E-state index contributed by atoms with van der Waals surface area (Å²) in [6, 6.07) is 11.9. The number of hydrogen-bond donors (Lipinski definition) is 1. The molecule has 21 heavy (non-hydrogen) atoms. The summed E-state index contributed by atoms with van der Waals surface area (Å²) in [5, 5.41) is 10.2. The average Bonchev–Trinajstić information content (AvgIpc) is 2.52. The molecule has 0 saturated carbocycles. The molecule has 1 unspecified atom stereocenters. The van der Waals surface area contributed by atoms with Crippen molar-refractivity contribution in [3.63, 3.8) is 0 Å². The van der Waals surface area contributed by atoms with Gasteiger partial charge in [0.1, 0.15) is 5.82 Å². The largest absolute Gasteiger partial charge is 0.388 e. The first kappa shape index (κ1) is 15.6. The predicted molar refractivity (Wildman–Crippen MR) is 81.2 cm³/mol. The fraction of sp³-hybridized carbons (Fsp3) is 0.353. The summed E-state index contributed by atoms with van der Waals surface area (Å²) in [5.41, 5.74) is 1.78. The van der Waals surface area contributed by atoms with Gasteiger partial charge in [-0.05, 0) is 42.8 Å². The number of aliphatic hydroxyl groups is 1. The number of hydrogen-bond acceptors (Lipinski definition) is 3. The van der Waals surface area contributed by atoms with Crippen LogP contribution in [-0.4, -0.2) is 28.1 Å². The van der Waals surface area contributed by atoms with Crippen LogP contribution in [0.3, 0.4) is 0 Å². The molecule has 1 aromatic heterocycles. The van der Waals surface area contributed by atoms with Crippen molar-refractivity contribution in [1.29, 1.82) is 0 Å². The second kappa shape index (κ2) is 7.86. The summed E-state index contributed by atoms with van der Waals surface area (Å²) in [6.07, 6.45) is 1.84. The average molecular weight is 288 g/mol. The minimum absolute atomic E-state index is 0.281. The van der Waals surface area contributed by atoms with Crippen molar-refractivity contribution in [3.8, 4) is 0 Å². The molecule has 4 heteroatoms. The van der Waals surface area contributed by atoms with Crippen molar-refractivity contribution < 1.29 is 9.50 Å². The second-order valence-corrected chi connectivity index (χ2v) is 5.05. The standard InChI is InChI=1S/C17H21FN2O/c1-2-20(13-16-5-3-4-11-19-16)12-10-17(21)14-6-8-15(18)9-7-14/h3-9,11,17,21H,2,10,12-13H2,1H3. The van der Waals surface area contributed by atoms with Crippen molar-refractivity contribution in [2.24, 2.45) is 0 Å². The Morgan fingerprint density at radius 2 is 1.95 bits per heavy atom. The van der Waals surface area contributed by atoms with Gasteiger partial charge in [-0.2, -0.15) is 0 Å². The van der Waals surface area contributed by atoms with E-state index >= 15 is 0 Å². The number of benzene rings is 1. The van der Waals surface area contributed by atoms with E-state index in [4.69, 9.17) is 0 Å². The predicted octanol–water partition coefficient (Wildman–Crippen LogP) is 3.17. The summed E-state index contributed by atoms with van der Waals surface area (Å²) in [5.74, 6) is -0.281. The lowest BCUT2D eigenvalue weighted by molar-refractivity contribution is 0.141. The Balaban J connectivity index is 1.86. The van der Waals surface area contributed by atoms with E-state index in [1.807, 2.05) is 18.2 Å². The van der Waals surface area contributed by atoms with Crippen molar-refractivity contribution in [3.05, 3.63) is 65.7 Å². The Labute approximate surface area is 125 Å². The van der Waals surface area contributed by atoms with Crippen LogP contribution in [0.1, 0.15) is 30.7 Å². The van der Waals surface area contributed by atoms with Gasteiger partial charge in [0, 0.05) is 19.3 Å². The highest BCUT2D eigenvalue weighted by Crippen LogP contribution is 2.17.